The molecule has 4 nitrogen and oxygen atoms in total. The summed E-state index contributed by atoms with van der Waals surface area (Å²) in [6, 6.07) is 3.90. The Bertz CT molecular complexity index is 603. The van der Waals surface area contributed by atoms with Crippen molar-refractivity contribution < 1.29 is 13.9 Å². The highest BCUT2D eigenvalue weighted by Gasteiger charge is 2.07. The minimum absolute atomic E-state index is 0.0477. The zero-order valence-corrected chi connectivity index (χ0v) is 11.5. The Morgan fingerprint density at radius 1 is 1.58 bits per heavy atom. The maximum atomic E-state index is 12.9. The molecule has 0 atom stereocenters. The van der Waals surface area contributed by atoms with Gasteiger partial charge in [-0.1, -0.05) is 11.6 Å². The number of hydrogen-bond donors (Lipinski definition) is 1. The van der Waals surface area contributed by atoms with Gasteiger partial charge in [0, 0.05) is 11.4 Å². The topological polar surface area (TPSA) is 51.2 Å². The number of aryl methyl sites for hydroxylation is 1. The molecule has 0 saturated carbocycles. The molecule has 1 aromatic heterocycles. The van der Waals surface area contributed by atoms with Crippen LogP contribution in [0.2, 0.25) is 5.02 Å². The molecule has 1 aromatic carbocycles. The van der Waals surface area contributed by atoms with Crippen molar-refractivity contribution in [1.82, 2.24) is 4.98 Å². The van der Waals surface area contributed by atoms with Gasteiger partial charge in [0.2, 0.25) is 0 Å². The number of thiazole rings is 1. The molecule has 0 spiro atoms. The van der Waals surface area contributed by atoms with Gasteiger partial charge in [-0.15, -0.1) is 11.3 Å². The van der Waals surface area contributed by atoms with Gasteiger partial charge in [-0.3, -0.25) is 10.1 Å². The predicted octanol–water partition coefficient (Wildman–Crippen LogP) is 3.26. The largest absolute Gasteiger partial charge is 0.484 e. The molecule has 0 aliphatic carbocycles. The van der Waals surface area contributed by atoms with Crippen LogP contribution >= 0.6 is 22.9 Å². The second-order valence-electron chi connectivity index (χ2n) is 3.71. The quantitative estimate of drug-likeness (QED) is 0.943. The molecule has 1 amide bonds. The summed E-state index contributed by atoms with van der Waals surface area (Å²) in [7, 11) is 0. The molecule has 0 aliphatic heterocycles. The zero-order valence-electron chi connectivity index (χ0n) is 9.94. The molecule has 0 aliphatic rings. The Kier molecular flexibility index (Phi) is 4.34. The molecule has 2 aromatic rings. The van der Waals surface area contributed by atoms with Gasteiger partial charge in [-0.05, 0) is 19.1 Å². The van der Waals surface area contributed by atoms with E-state index in [2.05, 4.69) is 10.3 Å². The Balaban J connectivity index is 1.88. The van der Waals surface area contributed by atoms with E-state index in [1.807, 2.05) is 12.3 Å². The molecule has 1 N–H and O–H groups in total. The smallest absolute Gasteiger partial charge is 0.264 e. The first-order valence-electron chi connectivity index (χ1n) is 5.34. The lowest BCUT2D eigenvalue weighted by Gasteiger charge is -2.06. The molecule has 0 radical (unpaired) electrons. The van der Waals surface area contributed by atoms with E-state index in [9.17, 15) is 9.18 Å². The van der Waals surface area contributed by atoms with Crippen LogP contribution in [-0.4, -0.2) is 17.5 Å². The van der Waals surface area contributed by atoms with Gasteiger partial charge in [0.25, 0.3) is 5.91 Å². The van der Waals surface area contributed by atoms with Crippen LogP contribution in [-0.2, 0) is 4.79 Å². The van der Waals surface area contributed by atoms with E-state index < -0.39 is 5.82 Å². The van der Waals surface area contributed by atoms with Crippen molar-refractivity contribution in [2.24, 2.45) is 0 Å². The number of amides is 1. The first kappa shape index (κ1) is 13.8. The minimum Gasteiger partial charge on any atom is -0.484 e. The molecular weight excluding hydrogens is 291 g/mol. The highest BCUT2D eigenvalue weighted by Crippen LogP contribution is 2.21. The molecule has 0 saturated heterocycles. The third-order valence-corrected chi connectivity index (χ3v) is 3.29. The Hall–Kier alpha value is -1.66. The van der Waals surface area contributed by atoms with E-state index in [1.54, 1.807) is 0 Å². The summed E-state index contributed by atoms with van der Waals surface area (Å²) in [6.45, 7) is 1.64. The zero-order chi connectivity index (χ0) is 13.8. The highest BCUT2D eigenvalue weighted by molar-refractivity contribution is 7.13. The third-order valence-electron chi connectivity index (χ3n) is 2.13. The van der Waals surface area contributed by atoms with Crippen molar-refractivity contribution >= 4 is 34.0 Å². The number of aromatic nitrogens is 1. The van der Waals surface area contributed by atoms with Gasteiger partial charge in [-0.25, -0.2) is 9.37 Å². The fraction of sp³-hybridized carbons (Fsp3) is 0.167. The molecule has 7 heteroatoms. The maximum absolute atomic E-state index is 12.9. The monoisotopic (exact) mass is 300 g/mol. The second kappa shape index (κ2) is 5.99. The summed E-state index contributed by atoms with van der Waals surface area (Å²) in [6.07, 6.45) is 0. The van der Waals surface area contributed by atoms with Crippen molar-refractivity contribution in [2.75, 3.05) is 11.9 Å². The van der Waals surface area contributed by atoms with E-state index >= 15 is 0 Å². The summed E-state index contributed by atoms with van der Waals surface area (Å²) in [5.41, 5.74) is 0.839. The van der Waals surface area contributed by atoms with Gasteiger partial charge in [-0.2, -0.15) is 0 Å². The normalized spacial score (nSPS) is 10.3. The van der Waals surface area contributed by atoms with Crippen molar-refractivity contribution in [3.8, 4) is 5.75 Å². The summed E-state index contributed by atoms with van der Waals surface area (Å²) in [4.78, 5) is 15.7. The van der Waals surface area contributed by atoms with Crippen molar-refractivity contribution in [2.45, 2.75) is 6.92 Å². The van der Waals surface area contributed by atoms with Gasteiger partial charge in [0.1, 0.15) is 11.6 Å². The standard InChI is InChI=1S/C12H10ClFN2O2S/c1-7-6-19-12(15-7)16-11(17)5-18-8-2-3-10(14)9(13)4-8/h2-4,6H,5H2,1H3,(H,15,16,17). The van der Waals surface area contributed by atoms with Gasteiger partial charge in [0.15, 0.2) is 11.7 Å². The number of anilines is 1. The maximum Gasteiger partial charge on any atom is 0.264 e. The number of nitrogens with zero attached hydrogens (tertiary/aromatic N) is 1. The van der Waals surface area contributed by atoms with Crippen LogP contribution in [0.1, 0.15) is 5.69 Å². The molecule has 0 bridgehead atoms. The first-order valence-corrected chi connectivity index (χ1v) is 6.60. The second-order valence-corrected chi connectivity index (χ2v) is 4.97. The van der Waals surface area contributed by atoms with Crippen LogP contribution in [0.25, 0.3) is 0 Å². The van der Waals surface area contributed by atoms with E-state index in [-0.39, 0.29) is 17.5 Å². The molecule has 19 heavy (non-hydrogen) atoms. The average Bonchev–Trinajstić information content (AvgIpc) is 2.76. The number of rotatable bonds is 4. The fourth-order valence-corrected chi connectivity index (χ4v) is 2.16. The molecule has 2 rings (SSSR count). The van der Waals surface area contributed by atoms with Gasteiger partial charge < -0.3 is 4.74 Å². The highest BCUT2D eigenvalue weighted by atomic mass is 35.5. The van der Waals surface area contributed by atoms with E-state index in [0.717, 1.165) is 5.69 Å². The molecule has 0 fully saturated rings. The van der Waals surface area contributed by atoms with E-state index in [1.165, 1.54) is 29.5 Å². The minimum atomic E-state index is -0.531. The van der Waals surface area contributed by atoms with E-state index in [4.69, 9.17) is 16.3 Å². The Morgan fingerprint density at radius 3 is 3.00 bits per heavy atom. The van der Waals surface area contributed by atoms with Crippen molar-refractivity contribution in [3.63, 3.8) is 0 Å². The van der Waals surface area contributed by atoms with Gasteiger partial charge in [0.05, 0.1) is 10.7 Å². The number of nitrogens with one attached hydrogen (secondary N) is 1. The number of carbonyl (C=O) groups is 1. The lowest BCUT2D eigenvalue weighted by Crippen LogP contribution is -2.20. The Morgan fingerprint density at radius 2 is 2.37 bits per heavy atom. The number of carbonyl (C=O) groups excluding carboxylic acids is 1. The first-order chi connectivity index (χ1) is 9.04. The third kappa shape index (κ3) is 3.90. The van der Waals surface area contributed by atoms with Gasteiger partial charge >= 0.3 is 0 Å². The van der Waals surface area contributed by atoms with Crippen LogP contribution in [0, 0.1) is 12.7 Å². The van der Waals surface area contributed by atoms with Crippen LogP contribution < -0.4 is 10.1 Å². The summed E-state index contributed by atoms with van der Waals surface area (Å²) < 4.78 is 18.1. The fourth-order valence-electron chi connectivity index (χ4n) is 1.28. The SMILES string of the molecule is Cc1csc(NC(=O)COc2ccc(F)c(Cl)c2)n1. The molecular formula is C12H10ClFN2O2S. The molecule has 1 heterocycles. The molecule has 100 valence electrons. The van der Waals surface area contributed by atoms with Crippen LogP contribution in [0.3, 0.4) is 0 Å². The molecule has 0 unspecified atom stereocenters. The summed E-state index contributed by atoms with van der Waals surface area (Å²) >= 11 is 6.93. The lowest BCUT2D eigenvalue weighted by atomic mass is 10.3. The lowest BCUT2D eigenvalue weighted by molar-refractivity contribution is -0.118. The van der Waals surface area contributed by atoms with E-state index in [0.29, 0.717) is 10.9 Å². The number of halogens is 2. The van der Waals surface area contributed by atoms with Crippen molar-refractivity contribution in [3.05, 3.63) is 40.1 Å². The summed E-state index contributed by atoms with van der Waals surface area (Å²) in [5, 5.41) is 4.89. The van der Waals surface area contributed by atoms with Crippen molar-refractivity contribution in [1.29, 1.82) is 0 Å². The number of hydrogen-bond acceptors (Lipinski definition) is 4. The summed E-state index contributed by atoms with van der Waals surface area (Å²) in [5.74, 6) is -0.539. The number of benzene rings is 1. The van der Waals surface area contributed by atoms with Crippen LogP contribution in [0.15, 0.2) is 23.6 Å². The van der Waals surface area contributed by atoms with Crippen LogP contribution in [0.4, 0.5) is 9.52 Å². The Labute approximate surface area is 118 Å². The number of ether oxygens (including phenoxy) is 1. The predicted molar refractivity (Wildman–Crippen MR) is 72.4 cm³/mol. The average molecular weight is 301 g/mol. The van der Waals surface area contributed by atoms with Crippen LogP contribution in [0.5, 0.6) is 5.75 Å².